The van der Waals surface area contributed by atoms with E-state index in [9.17, 15) is 9.59 Å². The SMILES string of the molecule is COc1ccccc1NC(=O)C1CC(=O)N(c2cc(Cl)ccc2OC)C1. The Labute approximate surface area is 156 Å². The standard InChI is InChI=1S/C19H19ClN2O4/c1-25-16-6-4-3-5-14(16)21-19(24)12-9-18(23)22(11-12)15-10-13(20)7-8-17(15)26-2/h3-8,10,12H,9,11H2,1-2H3,(H,21,24). The molecular weight excluding hydrogens is 356 g/mol. The fraction of sp³-hybridized carbons (Fsp3) is 0.263. The molecule has 0 spiro atoms. The second-order valence-electron chi connectivity index (χ2n) is 5.91. The van der Waals surface area contributed by atoms with Gasteiger partial charge in [0.15, 0.2) is 0 Å². The van der Waals surface area contributed by atoms with Gasteiger partial charge in [-0.3, -0.25) is 9.59 Å². The van der Waals surface area contributed by atoms with Gasteiger partial charge in [0.1, 0.15) is 11.5 Å². The molecule has 1 heterocycles. The highest BCUT2D eigenvalue weighted by Gasteiger charge is 2.36. The van der Waals surface area contributed by atoms with E-state index in [2.05, 4.69) is 5.32 Å². The Morgan fingerprint density at radius 3 is 2.62 bits per heavy atom. The Hall–Kier alpha value is -2.73. The summed E-state index contributed by atoms with van der Waals surface area (Å²) in [6.45, 7) is 0.260. The Bertz CT molecular complexity index is 840. The van der Waals surface area contributed by atoms with Crippen molar-refractivity contribution in [2.45, 2.75) is 6.42 Å². The topological polar surface area (TPSA) is 67.9 Å². The molecule has 1 aliphatic rings. The molecule has 2 amide bonds. The van der Waals surface area contributed by atoms with Gasteiger partial charge in [-0.25, -0.2) is 0 Å². The number of hydrogen-bond donors (Lipinski definition) is 1. The van der Waals surface area contributed by atoms with Crippen LogP contribution in [0.3, 0.4) is 0 Å². The summed E-state index contributed by atoms with van der Waals surface area (Å²) in [4.78, 5) is 26.6. The van der Waals surface area contributed by atoms with E-state index in [4.69, 9.17) is 21.1 Å². The van der Waals surface area contributed by atoms with Crippen LogP contribution in [0.1, 0.15) is 6.42 Å². The van der Waals surface area contributed by atoms with E-state index in [-0.39, 0.29) is 24.8 Å². The molecule has 1 fully saturated rings. The summed E-state index contributed by atoms with van der Waals surface area (Å²) in [5.74, 6) is 0.250. The van der Waals surface area contributed by atoms with E-state index in [0.717, 1.165) is 0 Å². The highest BCUT2D eigenvalue weighted by molar-refractivity contribution is 6.31. The molecule has 2 aromatic carbocycles. The quantitative estimate of drug-likeness (QED) is 0.871. The smallest absolute Gasteiger partial charge is 0.229 e. The third-order valence-corrected chi connectivity index (χ3v) is 4.53. The van der Waals surface area contributed by atoms with Gasteiger partial charge < -0.3 is 19.7 Å². The average Bonchev–Trinajstić information content (AvgIpc) is 3.04. The first kappa shape index (κ1) is 18.1. The normalized spacial score (nSPS) is 16.5. The number of para-hydroxylation sites is 2. The predicted octanol–water partition coefficient (Wildman–Crippen LogP) is 3.35. The molecule has 136 valence electrons. The number of hydrogen-bond acceptors (Lipinski definition) is 4. The van der Waals surface area contributed by atoms with Gasteiger partial charge in [0.2, 0.25) is 11.8 Å². The molecule has 1 saturated heterocycles. The van der Waals surface area contributed by atoms with Crippen molar-refractivity contribution in [3.05, 3.63) is 47.5 Å². The molecule has 0 bridgehead atoms. The van der Waals surface area contributed by atoms with Crippen LogP contribution >= 0.6 is 11.6 Å². The van der Waals surface area contributed by atoms with E-state index in [1.807, 2.05) is 6.07 Å². The third kappa shape index (κ3) is 3.60. The van der Waals surface area contributed by atoms with E-state index in [1.54, 1.807) is 36.4 Å². The van der Waals surface area contributed by atoms with Crippen molar-refractivity contribution in [1.82, 2.24) is 0 Å². The summed E-state index contributed by atoms with van der Waals surface area (Å²) < 4.78 is 10.6. The number of anilines is 2. The second kappa shape index (κ2) is 7.66. The fourth-order valence-electron chi connectivity index (χ4n) is 2.97. The summed E-state index contributed by atoms with van der Waals surface area (Å²) in [5, 5.41) is 3.33. The van der Waals surface area contributed by atoms with Gasteiger partial charge in [-0.1, -0.05) is 23.7 Å². The molecule has 6 nitrogen and oxygen atoms in total. The van der Waals surface area contributed by atoms with Crippen molar-refractivity contribution in [1.29, 1.82) is 0 Å². The molecule has 1 N–H and O–H groups in total. The number of halogens is 1. The van der Waals surface area contributed by atoms with E-state index in [1.165, 1.54) is 19.1 Å². The molecule has 1 atom stereocenters. The average molecular weight is 375 g/mol. The van der Waals surface area contributed by atoms with Crippen molar-refractivity contribution in [3.8, 4) is 11.5 Å². The van der Waals surface area contributed by atoms with E-state index in [0.29, 0.717) is 27.9 Å². The lowest BCUT2D eigenvalue weighted by Crippen LogP contribution is -2.28. The molecule has 7 heteroatoms. The first-order valence-electron chi connectivity index (χ1n) is 8.11. The number of nitrogens with one attached hydrogen (secondary N) is 1. The first-order valence-corrected chi connectivity index (χ1v) is 8.49. The largest absolute Gasteiger partial charge is 0.495 e. The summed E-state index contributed by atoms with van der Waals surface area (Å²) >= 11 is 6.05. The molecule has 26 heavy (non-hydrogen) atoms. The molecule has 0 saturated carbocycles. The minimum absolute atomic E-state index is 0.122. The maximum atomic E-state index is 12.6. The monoisotopic (exact) mass is 374 g/mol. The fourth-order valence-corrected chi connectivity index (χ4v) is 3.14. The van der Waals surface area contributed by atoms with Gasteiger partial charge in [0.05, 0.1) is 31.5 Å². The van der Waals surface area contributed by atoms with Crippen LogP contribution < -0.4 is 19.7 Å². The van der Waals surface area contributed by atoms with Crippen molar-refractivity contribution < 1.29 is 19.1 Å². The van der Waals surface area contributed by atoms with Crippen molar-refractivity contribution in [2.24, 2.45) is 5.92 Å². The minimum Gasteiger partial charge on any atom is -0.495 e. The van der Waals surface area contributed by atoms with Crippen LogP contribution in [-0.2, 0) is 9.59 Å². The maximum absolute atomic E-state index is 12.6. The highest BCUT2D eigenvalue weighted by Crippen LogP contribution is 2.35. The van der Waals surface area contributed by atoms with Crippen LogP contribution in [0.2, 0.25) is 5.02 Å². The molecule has 0 radical (unpaired) electrons. The molecule has 0 aromatic heterocycles. The van der Waals surface area contributed by atoms with Crippen LogP contribution in [0.15, 0.2) is 42.5 Å². The van der Waals surface area contributed by atoms with Crippen molar-refractivity contribution in [3.63, 3.8) is 0 Å². The Kier molecular flexibility index (Phi) is 5.32. The third-order valence-electron chi connectivity index (χ3n) is 4.29. The van der Waals surface area contributed by atoms with E-state index < -0.39 is 5.92 Å². The van der Waals surface area contributed by atoms with Crippen LogP contribution in [0, 0.1) is 5.92 Å². The Morgan fingerprint density at radius 1 is 1.15 bits per heavy atom. The lowest BCUT2D eigenvalue weighted by molar-refractivity contribution is -0.122. The second-order valence-corrected chi connectivity index (χ2v) is 6.35. The minimum atomic E-state index is -0.476. The van der Waals surface area contributed by atoms with Gasteiger partial charge >= 0.3 is 0 Å². The van der Waals surface area contributed by atoms with Gasteiger partial charge in [-0.05, 0) is 30.3 Å². The van der Waals surface area contributed by atoms with Crippen LogP contribution in [-0.4, -0.2) is 32.6 Å². The summed E-state index contributed by atoms with van der Waals surface area (Å²) in [7, 11) is 3.07. The number of methoxy groups -OCH3 is 2. The lowest BCUT2D eigenvalue weighted by Gasteiger charge is -2.20. The van der Waals surface area contributed by atoms with Gasteiger partial charge in [0.25, 0.3) is 0 Å². The molecule has 1 unspecified atom stereocenters. The van der Waals surface area contributed by atoms with Gasteiger partial charge in [-0.2, -0.15) is 0 Å². The van der Waals surface area contributed by atoms with Crippen LogP contribution in [0.25, 0.3) is 0 Å². The van der Waals surface area contributed by atoms with Crippen LogP contribution in [0.4, 0.5) is 11.4 Å². The number of amides is 2. The molecule has 3 rings (SSSR count). The zero-order valence-corrected chi connectivity index (χ0v) is 15.2. The summed E-state index contributed by atoms with van der Waals surface area (Å²) in [6.07, 6.45) is 0.122. The number of carbonyl (C=O) groups is 2. The van der Waals surface area contributed by atoms with Crippen molar-refractivity contribution >= 4 is 34.8 Å². The predicted molar refractivity (Wildman–Crippen MR) is 100 cm³/mol. The number of ether oxygens (including phenoxy) is 2. The van der Waals surface area contributed by atoms with Gasteiger partial charge in [0, 0.05) is 18.0 Å². The maximum Gasteiger partial charge on any atom is 0.229 e. The Morgan fingerprint density at radius 2 is 1.88 bits per heavy atom. The number of benzene rings is 2. The molecule has 1 aliphatic heterocycles. The first-order chi connectivity index (χ1) is 12.5. The number of carbonyl (C=O) groups excluding carboxylic acids is 2. The zero-order valence-electron chi connectivity index (χ0n) is 14.5. The highest BCUT2D eigenvalue weighted by atomic mass is 35.5. The number of nitrogens with zero attached hydrogens (tertiary/aromatic N) is 1. The van der Waals surface area contributed by atoms with Crippen LogP contribution in [0.5, 0.6) is 11.5 Å². The van der Waals surface area contributed by atoms with Gasteiger partial charge in [-0.15, -0.1) is 0 Å². The van der Waals surface area contributed by atoms with Crippen molar-refractivity contribution in [2.75, 3.05) is 31.0 Å². The molecule has 0 aliphatic carbocycles. The zero-order chi connectivity index (χ0) is 18.7. The molecule has 2 aromatic rings. The van der Waals surface area contributed by atoms with E-state index >= 15 is 0 Å². The Balaban J connectivity index is 1.77. The summed E-state index contributed by atoms with van der Waals surface area (Å²) in [6, 6.07) is 12.2. The molecular formula is C19H19ClN2O4. The summed E-state index contributed by atoms with van der Waals surface area (Å²) in [5.41, 5.74) is 1.14. The number of rotatable bonds is 5. The lowest BCUT2D eigenvalue weighted by atomic mass is 10.1.